The number of benzene rings is 1. The van der Waals surface area contributed by atoms with Crippen molar-refractivity contribution in [1.29, 1.82) is 0 Å². The van der Waals surface area contributed by atoms with Crippen molar-refractivity contribution in [3.8, 4) is 0 Å². The molecule has 0 aliphatic carbocycles. The Morgan fingerprint density at radius 2 is 1.56 bits per heavy atom. The second kappa shape index (κ2) is 6.73. The van der Waals surface area contributed by atoms with E-state index in [-0.39, 0.29) is 6.61 Å². The standard InChI is InChI=1S/C13H18Cl2N2O/c14-12-2-1-3-13(15)11(12)10-17-6-4-16(5-7-17)8-9-18/h1-3,18H,4-10H2. The zero-order chi connectivity index (χ0) is 13.0. The van der Waals surface area contributed by atoms with Gasteiger partial charge in [0.2, 0.25) is 0 Å². The van der Waals surface area contributed by atoms with Crippen LogP contribution in [-0.2, 0) is 6.54 Å². The van der Waals surface area contributed by atoms with E-state index in [0.717, 1.165) is 54.9 Å². The topological polar surface area (TPSA) is 26.7 Å². The fraction of sp³-hybridized carbons (Fsp3) is 0.538. The number of hydrogen-bond donors (Lipinski definition) is 1. The second-order valence-electron chi connectivity index (χ2n) is 4.54. The Bertz CT molecular complexity index is 372. The number of nitrogens with zero attached hydrogens (tertiary/aromatic N) is 2. The van der Waals surface area contributed by atoms with Gasteiger partial charge in [0.1, 0.15) is 0 Å². The molecular formula is C13H18Cl2N2O. The highest BCUT2D eigenvalue weighted by molar-refractivity contribution is 6.35. The molecule has 0 saturated carbocycles. The van der Waals surface area contributed by atoms with Gasteiger partial charge in [0.15, 0.2) is 0 Å². The van der Waals surface area contributed by atoms with Crippen molar-refractivity contribution in [2.24, 2.45) is 0 Å². The van der Waals surface area contributed by atoms with Crippen LogP contribution in [0.2, 0.25) is 10.0 Å². The zero-order valence-electron chi connectivity index (χ0n) is 10.3. The number of halogens is 2. The molecule has 0 amide bonds. The molecule has 0 atom stereocenters. The first kappa shape index (κ1) is 14.1. The minimum absolute atomic E-state index is 0.232. The van der Waals surface area contributed by atoms with Gasteiger partial charge >= 0.3 is 0 Å². The molecule has 0 radical (unpaired) electrons. The Morgan fingerprint density at radius 1 is 1.00 bits per heavy atom. The van der Waals surface area contributed by atoms with Gasteiger partial charge in [-0.1, -0.05) is 29.3 Å². The van der Waals surface area contributed by atoms with Gasteiger partial charge in [-0.3, -0.25) is 9.80 Å². The molecule has 2 rings (SSSR count). The number of aliphatic hydroxyl groups is 1. The number of hydrogen-bond acceptors (Lipinski definition) is 3. The lowest BCUT2D eigenvalue weighted by Crippen LogP contribution is -2.46. The highest BCUT2D eigenvalue weighted by atomic mass is 35.5. The lowest BCUT2D eigenvalue weighted by Gasteiger charge is -2.34. The van der Waals surface area contributed by atoms with E-state index in [9.17, 15) is 0 Å². The van der Waals surface area contributed by atoms with Crippen LogP contribution in [-0.4, -0.2) is 54.2 Å². The molecule has 3 nitrogen and oxygen atoms in total. The normalized spacial score (nSPS) is 18.2. The van der Waals surface area contributed by atoms with E-state index >= 15 is 0 Å². The summed E-state index contributed by atoms with van der Waals surface area (Å²) in [5.41, 5.74) is 1.01. The number of β-amino-alcohol motifs (C(OH)–C–C–N with tert-alkyl or cyclic N) is 1. The minimum Gasteiger partial charge on any atom is -0.395 e. The summed E-state index contributed by atoms with van der Waals surface area (Å²) in [6, 6.07) is 5.63. The van der Waals surface area contributed by atoms with Crippen LogP contribution >= 0.6 is 23.2 Å². The molecule has 1 saturated heterocycles. The van der Waals surface area contributed by atoms with Crippen LogP contribution in [0.3, 0.4) is 0 Å². The molecule has 0 aromatic heterocycles. The Hall–Kier alpha value is -0.320. The summed E-state index contributed by atoms with van der Waals surface area (Å²) in [5.74, 6) is 0. The molecule has 18 heavy (non-hydrogen) atoms. The van der Waals surface area contributed by atoms with Gasteiger partial charge in [-0.2, -0.15) is 0 Å². The van der Waals surface area contributed by atoms with Crippen LogP contribution in [0, 0.1) is 0 Å². The summed E-state index contributed by atoms with van der Waals surface area (Å²) in [6.07, 6.45) is 0. The predicted molar refractivity (Wildman–Crippen MR) is 75.3 cm³/mol. The molecule has 0 unspecified atom stereocenters. The third-order valence-electron chi connectivity index (χ3n) is 3.32. The highest BCUT2D eigenvalue weighted by Gasteiger charge is 2.18. The van der Waals surface area contributed by atoms with Crippen molar-refractivity contribution in [2.75, 3.05) is 39.3 Å². The Kier molecular flexibility index (Phi) is 5.27. The summed E-state index contributed by atoms with van der Waals surface area (Å²) in [5, 5.41) is 10.4. The molecule has 1 aliphatic heterocycles. The third-order valence-corrected chi connectivity index (χ3v) is 4.03. The zero-order valence-corrected chi connectivity index (χ0v) is 11.8. The average molecular weight is 289 g/mol. The van der Waals surface area contributed by atoms with E-state index < -0.39 is 0 Å². The summed E-state index contributed by atoms with van der Waals surface area (Å²) in [4.78, 5) is 4.62. The van der Waals surface area contributed by atoms with Crippen LogP contribution in [0.5, 0.6) is 0 Å². The van der Waals surface area contributed by atoms with Crippen molar-refractivity contribution < 1.29 is 5.11 Å². The van der Waals surface area contributed by atoms with E-state index in [0.29, 0.717) is 0 Å². The summed E-state index contributed by atoms with van der Waals surface area (Å²) < 4.78 is 0. The molecular weight excluding hydrogens is 271 g/mol. The largest absolute Gasteiger partial charge is 0.395 e. The highest BCUT2D eigenvalue weighted by Crippen LogP contribution is 2.25. The maximum atomic E-state index is 8.90. The van der Waals surface area contributed by atoms with E-state index in [1.807, 2.05) is 18.2 Å². The van der Waals surface area contributed by atoms with Gasteiger partial charge in [0, 0.05) is 54.9 Å². The van der Waals surface area contributed by atoms with Crippen LogP contribution in [0.15, 0.2) is 18.2 Å². The Labute approximate surface area is 118 Å². The van der Waals surface area contributed by atoms with Gasteiger partial charge in [0.25, 0.3) is 0 Å². The van der Waals surface area contributed by atoms with Gasteiger partial charge in [-0.15, -0.1) is 0 Å². The number of rotatable bonds is 4. The number of aliphatic hydroxyl groups excluding tert-OH is 1. The van der Waals surface area contributed by atoms with Crippen LogP contribution in [0.1, 0.15) is 5.56 Å². The maximum Gasteiger partial charge on any atom is 0.0558 e. The molecule has 1 N–H and O–H groups in total. The van der Waals surface area contributed by atoms with Gasteiger partial charge in [0.05, 0.1) is 6.61 Å². The van der Waals surface area contributed by atoms with Crippen molar-refractivity contribution in [1.82, 2.24) is 9.80 Å². The Balaban J connectivity index is 1.92. The summed E-state index contributed by atoms with van der Waals surface area (Å²) in [6.45, 7) is 5.75. The minimum atomic E-state index is 0.232. The first-order valence-electron chi connectivity index (χ1n) is 6.19. The lowest BCUT2D eigenvalue weighted by atomic mass is 10.2. The fourth-order valence-electron chi connectivity index (χ4n) is 2.22. The van der Waals surface area contributed by atoms with E-state index in [4.69, 9.17) is 28.3 Å². The van der Waals surface area contributed by atoms with Gasteiger partial charge in [-0.05, 0) is 12.1 Å². The second-order valence-corrected chi connectivity index (χ2v) is 5.36. The quantitative estimate of drug-likeness (QED) is 0.919. The maximum absolute atomic E-state index is 8.90. The van der Waals surface area contributed by atoms with E-state index in [1.165, 1.54) is 0 Å². The predicted octanol–water partition coefficient (Wildman–Crippen LogP) is 2.10. The van der Waals surface area contributed by atoms with E-state index in [1.54, 1.807) is 0 Å². The van der Waals surface area contributed by atoms with Crippen LogP contribution in [0.25, 0.3) is 0 Å². The molecule has 0 bridgehead atoms. The van der Waals surface area contributed by atoms with Crippen LogP contribution in [0.4, 0.5) is 0 Å². The third kappa shape index (κ3) is 3.59. The summed E-state index contributed by atoms with van der Waals surface area (Å²) in [7, 11) is 0. The molecule has 5 heteroatoms. The molecule has 1 aromatic carbocycles. The molecule has 1 aliphatic rings. The lowest BCUT2D eigenvalue weighted by molar-refractivity contribution is 0.108. The van der Waals surface area contributed by atoms with Gasteiger partial charge < -0.3 is 5.11 Å². The molecule has 1 fully saturated rings. The fourth-order valence-corrected chi connectivity index (χ4v) is 2.74. The van der Waals surface area contributed by atoms with Crippen molar-refractivity contribution in [3.05, 3.63) is 33.8 Å². The van der Waals surface area contributed by atoms with E-state index in [2.05, 4.69) is 9.80 Å². The van der Waals surface area contributed by atoms with Gasteiger partial charge in [-0.25, -0.2) is 0 Å². The van der Waals surface area contributed by atoms with Crippen molar-refractivity contribution in [2.45, 2.75) is 6.54 Å². The molecule has 1 aromatic rings. The Morgan fingerprint density at radius 3 is 2.11 bits per heavy atom. The first-order valence-corrected chi connectivity index (χ1v) is 6.95. The summed E-state index contributed by atoms with van der Waals surface area (Å²) >= 11 is 12.3. The SMILES string of the molecule is OCCN1CCN(Cc2c(Cl)cccc2Cl)CC1. The number of piperazine rings is 1. The van der Waals surface area contributed by atoms with Crippen molar-refractivity contribution >= 4 is 23.2 Å². The molecule has 1 heterocycles. The average Bonchev–Trinajstić information content (AvgIpc) is 2.36. The van der Waals surface area contributed by atoms with Crippen molar-refractivity contribution in [3.63, 3.8) is 0 Å². The smallest absolute Gasteiger partial charge is 0.0558 e. The monoisotopic (exact) mass is 288 g/mol. The van der Waals surface area contributed by atoms with Crippen LogP contribution < -0.4 is 0 Å². The molecule has 100 valence electrons. The molecule has 0 spiro atoms. The first-order chi connectivity index (χ1) is 8.70.